The number of halogens is 1. The predicted octanol–water partition coefficient (Wildman–Crippen LogP) is 7.62. The van der Waals surface area contributed by atoms with E-state index in [0.29, 0.717) is 0 Å². The minimum Gasteiger partial charge on any atom is -0.320 e. The monoisotopic (exact) mass is 464 g/mol. The van der Waals surface area contributed by atoms with Gasteiger partial charge in [0, 0.05) is 23.1 Å². The van der Waals surface area contributed by atoms with Crippen LogP contribution in [-0.4, -0.2) is 10.3 Å². The average molecular weight is 465 g/mol. The van der Waals surface area contributed by atoms with E-state index in [0.717, 1.165) is 44.6 Å². The van der Waals surface area contributed by atoms with Crippen molar-refractivity contribution < 1.29 is 0 Å². The third-order valence-corrected chi connectivity index (χ3v) is 6.16. The number of rotatable bonds is 5. The van der Waals surface area contributed by atoms with Crippen LogP contribution in [0.15, 0.2) is 125 Å². The van der Waals surface area contributed by atoms with Gasteiger partial charge in [0.1, 0.15) is 5.82 Å². The van der Waals surface area contributed by atoms with Gasteiger partial charge in [-0.15, -0.1) is 0 Å². The Morgan fingerprint density at radius 3 is 1.77 bits per heavy atom. The summed E-state index contributed by atoms with van der Waals surface area (Å²) >= 11 is 3.86. The van der Waals surface area contributed by atoms with Gasteiger partial charge in [0.15, 0.2) is 0 Å². The third kappa shape index (κ3) is 3.97. The number of nitrogens with zero attached hydrogens (tertiary/aromatic N) is 2. The molecule has 0 aliphatic heterocycles. The van der Waals surface area contributed by atoms with Crippen LogP contribution in [-0.2, 0) is 6.54 Å². The van der Waals surface area contributed by atoms with Crippen LogP contribution in [0.4, 0.5) is 5.82 Å². The van der Waals surface area contributed by atoms with Crippen molar-refractivity contribution in [3.8, 4) is 0 Å². The molecule has 0 aliphatic carbocycles. The molecule has 0 unspecified atom stereocenters. The lowest BCUT2D eigenvalue weighted by atomic mass is 10.0. The Hall–Kier alpha value is -3.43. The Morgan fingerprint density at radius 2 is 1.16 bits per heavy atom. The summed E-state index contributed by atoms with van der Waals surface area (Å²) in [5.41, 5.74) is 5.55. The summed E-state index contributed by atoms with van der Waals surface area (Å²) in [4.78, 5) is 5.26. The van der Waals surface area contributed by atoms with E-state index in [2.05, 4.69) is 124 Å². The summed E-state index contributed by atoms with van der Waals surface area (Å²) in [5, 5.41) is 1.16. The number of para-hydroxylation sites is 1. The van der Waals surface area contributed by atoms with Crippen molar-refractivity contribution in [3.63, 3.8) is 0 Å². The zero-order valence-electron chi connectivity index (χ0n) is 16.9. The predicted molar refractivity (Wildman–Crippen MR) is 133 cm³/mol. The van der Waals surface area contributed by atoms with Crippen molar-refractivity contribution in [1.29, 1.82) is 0 Å². The van der Waals surface area contributed by atoms with E-state index in [1.54, 1.807) is 0 Å². The lowest BCUT2D eigenvalue weighted by Gasteiger charge is -2.12. The fourth-order valence-electron chi connectivity index (χ4n) is 3.88. The third-order valence-electron chi connectivity index (χ3n) is 5.38. The van der Waals surface area contributed by atoms with Crippen LogP contribution in [0.5, 0.6) is 0 Å². The molecule has 0 amide bonds. The number of benzene rings is 4. The average Bonchev–Trinajstić information content (AvgIpc) is 3.10. The van der Waals surface area contributed by atoms with Crippen molar-refractivity contribution in [2.45, 2.75) is 6.54 Å². The van der Waals surface area contributed by atoms with E-state index < -0.39 is 0 Å². The Labute approximate surface area is 190 Å². The van der Waals surface area contributed by atoms with Crippen LogP contribution in [0, 0.1) is 0 Å². The molecule has 0 saturated heterocycles. The van der Waals surface area contributed by atoms with E-state index in [1.807, 2.05) is 12.1 Å². The van der Waals surface area contributed by atoms with Crippen molar-refractivity contribution in [1.82, 2.24) is 4.57 Å². The first-order chi connectivity index (χ1) is 15.3. The summed E-state index contributed by atoms with van der Waals surface area (Å²) in [6.07, 6.45) is 0. The molecule has 0 atom stereocenters. The molecule has 0 N–H and O–H groups in total. The summed E-state index contributed by atoms with van der Waals surface area (Å²) in [7, 11) is 0. The maximum absolute atomic E-state index is 5.26. The van der Waals surface area contributed by atoms with Crippen molar-refractivity contribution in [2.75, 3.05) is 0 Å². The zero-order chi connectivity index (χ0) is 21.0. The van der Waals surface area contributed by atoms with Crippen LogP contribution in [0.1, 0.15) is 16.7 Å². The number of hydrogen-bond donors (Lipinski definition) is 0. The smallest absolute Gasteiger partial charge is 0.149 e. The van der Waals surface area contributed by atoms with Crippen molar-refractivity contribution >= 4 is 38.4 Å². The van der Waals surface area contributed by atoms with Gasteiger partial charge in [-0.2, -0.15) is 0 Å². The second-order valence-corrected chi connectivity index (χ2v) is 8.21. The molecule has 150 valence electrons. The minimum absolute atomic E-state index is 0.753. The molecule has 0 aliphatic rings. The molecule has 3 heteroatoms. The number of aliphatic imine (C=N–C) groups is 1. The van der Waals surface area contributed by atoms with E-state index >= 15 is 0 Å². The molecule has 31 heavy (non-hydrogen) atoms. The first-order valence-electron chi connectivity index (χ1n) is 10.3. The maximum atomic E-state index is 5.26. The lowest BCUT2D eigenvalue weighted by molar-refractivity contribution is 0.836. The first kappa shape index (κ1) is 19.5. The van der Waals surface area contributed by atoms with Crippen molar-refractivity contribution in [2.24, 2.45) is 4.99 Å². The molecule has 4 aromatic carbocycles. The van der Waals surface area contributed by atoms with E-state index in [4.69, 9.17) is 4.99 Å². The molecule has 0 fully saturated rings. The molecular formula is C28H21BrN2. The topological polar surface area (TPSA) is 17.3 Å². The minimum atomic E-state index is 0.753. The van der Waals surface area contributed by atoms with Gasteiger partial charge in [0.25, 0.3) is 0 Å². The summed E-state index contributed by atoms with van der Waals surface area (Å²) in [6, 6.07) is 39.8. The zero-order valence-corrected chi connectivity index (χ0v) is 18.5. The molecular weight excluding hydrogens is 444 g/mol. The Morgan fingerprint density at radius 1 is 0.645 bits per heavy atom. The Kier molecular flexibility index (Phi) is 5.51. The van der Waals surface area contributed by atoms with Gasteiger partial charge < -0.3 is 4.57 Å². The first-order valence-corrected chi connectivity index (χ1v) is 11.1. The standard InChI is InChI=1S/C28H21BrN2/c29-26-24-18-10-11-19-25(24)31(20-21-12-4-1-5-13-21)28(26)30-27(22-14-6-2-7-15-22)23-16-8-3-9-17-23/h1-19H,20H2. The van der Waals surface area contributed by atoms with Gasteiger partial charge in [-0.05, 0) is 27.6 Å². The summed E-state index contributed by atoms with van der Waals surface area (Å²) in [5.74, 6) is 0.924. The molecule has 0 radical (unpaired) electrons. The quantitative estimate of drug-likeness (QED) is 0.238. The normalized spacial score (nSPS) is 10.9. The molecule has 1 heterocycles. The summed E-state index contributed by atoms with van der Waals surface area (Å²) in [6.45, 7) is 0.753. The van der Waals surface area contributed by atoms with Gasteiger partial charge in [-0.25, -0.2) is 4.99 Å². The van der Waals surface area contributed by atoms with E-state index in [9.17, 15) is 0 Å². The molecule has 5 aromatic rings. The van der Waals surface area contributed by atoms with Crippen LogP contribution in [0.25, 0.3) is 10.9 Å². The van der Waals surface area contributed by atoms with Crippen LogP contribution >= 0.6 is 15.9 Å². The van der Waals surface area contributed by atoms with E-state index in [1.165, 1.54) is 5.56 Å². The number of fused-ring (bicyclic) bond motifs is 1. The van der Waals surface area contributed by atoms with Crippen LogP contribution in [0.2, 0.25) is 0 Å². The SMILES string of the molecule is Brc1c(N=C(c2ccccc2)c2ccccc2)n(Cc2ccccc2)c2ccccc12. The molecule has 0 saturated carbocycles. The number of hydrogen-bond acceptors (Lipinski definition) is 1. The fraction of sp³-hybridized carbons (Fsp3) is 0.0357. The molecule has 5 rings (SSSR count). The molecule has 1 aromatic heterocycles. The molecule has 0 spiro atoms. The highest BCUT2D eigenvalue weighted by Gasteiger charge is 2.17. The second kappa shape index (κ2) is 8.75. The van der Waals surface area contributed by atoms with Gasteiger partial charge in [0.2, 0.25) is 0 Å². The molecule has 2 nitrogen and oxygen atoms in total. The van der Waals surface area contributed by atoms with Gasteiger partial charge >= 0.3 is 0 Å². The van der Waals surface area contributed by atoms with Crippen molar-refractivity contribution in [3.05, 3.63) is 136 Å². The largest absolute Gasteiger partial charge is 0.320 e. The van der Waals surface area contributed by atoms with E-state index in [-0.39, 0.29) is 0 Å². The second-order valence-electron chi connectivity index (χ2n) is 7.42. The van der Waals surface area contributed by atoms with Crippen LogP contribution < -0.4 is 0 Å². The highest BCUT2D eigenvalue weighted by atomic mass is 79.9. The van der Waals surface area contributed by atoms with Gasteiger partial charge in [-0.3, -0.25) is 0 Å². The fourth-order valence-corrected chi connectivity index (χ4v) is 4.51. The highest BCUT2D eigenvalue weighted by Crippen LogP contribution is 2.38. The Bertz CT molecular complexity index is 1300. The summed E-state index contributed by atoms with van der Waals surface area (Å²) < 4.78 is 3.31. The van der Waals surface area contributed by atoms with Gasteiger partial charge in [-0.1, -0.05) is 109 Å². The molecule has 0 bridgehead atoms. The van der Waals surface area contributed by atoms with Gasteiger partial charge in [0.05, 0.1) is 15.7 Å². The Balaban J connectivity index is 1.75. The highest BCUT2D eigenvalue weighted by molar-refractivity contribution is 9.10. The lowest BCUT2D eigenvalue weighted by Crippen LogP contribution is -2.05. The van der Waals surface area contributed by atoms with Crippen LogP contribution in [0.3, 0.4) is 0 Å². The maximum Gasteiger partial charge on any atom is 0.149 e. The number of aromatic nitrogens is 1.